The number of fused-ring (bicyclic) bond motifs is 10. The maximum Gasteiger partial charge on any atom is 0.164 e. The molecule has 21 aromatic rings. The molecule has 0 spiro atoms. The van der Waals surface area contributed by atoms with Crippen LogP contribution in [0.2, 0.25) is 0 Å². The third-order valence-corrected chi connectivity index (χ3v) is 21.6. The minimum atomic E-state index is 0.546. The molecule has 0 atom stereocenters. The summed E-state index contributed by atoms with van der Waals surface area (Å²) in [7, 11) is 0. The van der Waals surface area contributed by atoms with Crippen LogP contribution >= 0.6 is 0 Å². The minimum Gasteiger partial charge on any atom is -0.456 e. The van der Waals surface area contributed by atoms with Crippen LogP contribution in [0.15, 0.2) is 409 Å². The van der Waals surface area contributed by atoms with Crippen molar-refractivity contribution >= 4 is 99.5 Å². The highest BCUT2D eigenvalue weighted by Crippen LogP contribution is 2.50. The molecule has 0 saturated heterocycles. The normalized spacial score (nSPS) is 11.5. The Bertz CT molecular complexity index is 7100. The summed E-state index contributed by atoms with van der Waals surface area (Å²) in [6.07, 6.45) is 0. The molecular weight excluding hydrogens is 1390 g/mol. The van der Waals surface area contributed by atoms with Crippen molar-refractivity contribution in [3.63, 3.8) is 0 Å². The van der Waals surface area contributed by atoms with Gasteiger partial charge in [-0.15, -0.1) is 0 Å². The van der Waals surface area contributed by atoms with Crippen LogP contribution in [0.5, 0.6) is 0 Å². The van der Waals surface area contributed by atoms with Gasteiger partial charge in [-0.1, -0.05) is 328 Å². The lowest BCUT2D eigenvalue weighted by molar-refractivity contribution is 0.669. The van der Waals surface area contributed by atoms with E-state index in [-0.39, 0.29) is 0 Å². The largest absolute Gasteiger partial charge is 0.456 e. The average molecular weight is 1460 g/mol. The van der Waals surface area contributed by atoms with Gasteiger partial charge in [0.15, 0.2) is 34.9 Å². The molecular formula is C104H66N8O2. The number of hydrogen-bond acceptors (Lipinski definition) is 10. The average Bonchev–Trinajstić information content (AvgIpc) is 1.52. The molecule has 21 rings (SSSR count). The van der Waals surface area contributed by atoms with E-state index < -0.39 is 0 Å². The summed E-state index contributed by atoms with van der Waals surface area (Å²) in [5.74, 6) is 3.43. The highest BCUT2D eigenvalue weighted by molar-refractivity contribution is 6.27. The van der Waals surface area contributed by atoms with E-state index in [1.165, 1.54) is 5.56 Å². The zero-order valence-corrected chi connectivity index (χ0v) is 61.5. The molecule has 0 unspecified atom stereocenters. The summed E-state index contributed by atoms with van der Waals surface area (Å²) in [6, 6.07) is 140. The Morgan fingerprint density at radius 2 is 0.404 bits per heavy atom. The number of nitrogens with zero attached hydrogens (tertiary/aromatic N) is 8. The molecule has 0 amide bonds. The molecule has 10 heteroatoms. The molecule has 534 valence electrons. The second-order valence-corrected chi connectivity index (χ2v) is 28.4. The number of furan rings is 2. The SMILES string of the molecule is c1ccc(-c2ccc(N(c3ccccc3)c3cc4oc5cccc(-c6nc(-c7ccccc7)nc(-c7ccc(-c8ccc(-c9ccc(N(c%10ccc(-c%11ccccc%11)cc%10)c%10cc%11oc%12cccc(-c%13nc(-c%14ccccc%14)nc(-c%14ccccc%14)n%13)c%12c%11c%11ccccc%10%11)cc9)cc8)cc7)n6)c5c4c4ccccc34)cc2)cc1. The van der Waals surface area contributed by atoms with Crippen molar-refractivity contribution in [2.75, 3.05) is 9.80 Å². The Kier molecular flexibility index (Phi) is 16.7. The quantitative estimate of drug-likeness (QED) is 0.0927. The smallest absolute Gasteiger partial charge is 0.164 e. The van der Waals surface area contributed by atoms with E-state index >= 15 is 0 Å². The molecule has 0 bridgehead atoms. The summed E-state index contributed by atoms with van der Waals surface area (Å²) in [6.45, 7) is 0. The van der Waals surface area contributed by atoms with Crippen molar-refractivity contribution in [1.29, 1.82) is 0 Å². The van der Waals surface area contributed by atoms with Crippen molar-refractivity contribution in [3.05, 3.63) is 400 Å². The Hall–Kier alpha value is -15.5. The van der Waals surface area contributed by atoms with Crippen LogP contribution in [-0.4, -0.2) is 29.9 Å². The maximum atomic E-state index is 7.03. The second kappa shape index (κ2) is 28.5. The number of hydrogen-bond donors (Lipinski definition) is 0. The van der Waals surface area contributed by atoms with Gasteiger partial charge < -0.3 is 18.6 Å². The fraction of sp³-hybridized carbons (Fsp3) is 0. The van der Waals surface area contributed by atoms with E-state index in [9.17, 15) is 0 Å². The fourth-order valence-corrected chi connectivity index (χ4v) is 16.1. The fourth-order valence-electron chi connectivity index (χ4n) is 16.1. The summed E-state index contributed by atoms with van der Waals surface area (Å²) in [5.41, 5.74) is 23.2. The highest BCUT2D eigenvalue weighted by Gasteiger charge is 2.27. The zero-order chi connectivity index (χ0) is 75.4. The van der Waals surface area contributed by atoms with E-state index in [4.69, 9.17) is 38.7 Å². The number of aromatic nitrogens is 6. The Labute approximate surface area is 657 Å². The molecule has 114 heavy (non-hydrogen) atoms. The molecule has 4 heterocycles. The summed E-state index contributed by atoms with van der Waals surface area (Å²) < 4.78 is 14.0. The van der Waals surface area contributed by atoms with Crippen molar-refractivity contribution in [2.45, 2.75) is 0 Å². The third kappa shape index (κ3) is 12.2. The lowest BCUT2D eigenvalue weighted by Crippen LogP contribution is -2.10. The van der Waals surface area contributed by atoms with Crippen molar-refractivity contribution in [3.8, 4) is 113 Å². The first-order valence-electron chi connectivity index (χ1n) is 38.2. The van der Waals surface area contributed by atoms with Gasteiger partial charge in [0.25, 0.3) is 0 Å². The van der Waals surface area contributed by atoms with Gasteiger partial charge in [-0.3, -0.25) is 0 Å². The van der Waals surface area contributed by atoms with E-state index in [0.29, 0.717) is 34.9 Å². The predicted octanol–water partition coefficient (Wildman–Crippen LogP) is 27.8. The van der Waals surface area contributed by atoms with Gasteiger partial charge in [0.05, 0.1) is 11.4 Å². The van der Waals surface area contributed by atoms with Crippen LogP contribution in [0.4, 0.5) is 34.1 Å². The van der Waals surface area contributed by atoms with Gasteiger partial charge in [-0.05, 0) is 116 Å². The van der Waals surface area contributed by atoms with Crippen LogP contribution in [-0.2, 0) is 0 Å². The van der Waals surface area contributed by atoms with Crippen LogP contribution in [0.1, 0.15) is 0 Å². The third-order valence-electron chi connectivity index (χ3n) is 21.6. The minimum absolute atomic E-state index is 0.546. The van der Waals surface area contributed by atoms with E-state index in [0.717, 1.165) is 172 Å². The number of benzene rings is 17. The van der Waals surface area contributed by atoms with Gasteiger partial charge in [0.2, 0.25) is 0 Å². The van der Waals surface area contributed by atoms with Gasteiger partial charge >= 0.3 is 0 Å². The van der Waals surface area contributed by atoms with E-state index in [1.807, 2.05) is 115 Å². The number of anilines is 6. The first-order chi connectivity index (χ1) is 56.5. The molecule has 0 aliphatic carbocycles. The second-order valence-electron chi connectivity index (χ2n) is 28.4. The zero-order valence-electron chi connectivity index (χ0n) is 61.5. The van der Waals surface area contributed by atoms with Gasteiger partial charge in [0, 0.05) is 101 Å². The van der Waals surface area contributed by atoms with Gasteiger partial charge in [0.1, 0.15) is 22.3 Å². The monoisotopic (exact) mass is 1460 g/mol. The first kappa shape index (κ1) is 66.7. The Morgan fingerprint density at radius 1 is 0.167 bits per heavy atom. The van der Waals surface area contributed by atoms with E-state index in [2.05, 4.69) is 295 Å². The van der Waals surface area contributed by atoms with Crippen molar-refractivity contribution < 1.29 is 8.83 Å². The molecule has 0 fully saturated rings. The molecule has 4 aromatic heterocycles. The molecule has 17 aromatic carbocycles. The summed E-state index contributed by atoms with van der Waals surface area (Å²) in [4.78, 5) is 36.0. The lowest BCUT2D eigenvalue weighted by atomic mass is 9.97. The van der Waals surface area contributed by atoms with Crippen LogP contribution < -0.4 is 9.80 Å². The number of para-hydroxylation sites is 1. The standard InChI is InChI=1S/C104H66N8O2/c1-7-25-67(26-8-1)72-53-59-80(60-54-72)111(79-35-17-6-18-36-79)89-65-93-95(85-39-21-19-37-83(85)89)98-88(42-24-44-92(98)113-93)104-109-101(77-33-15-5-16-34-77)106-102(110-104)78-51-49-71(50-52-78)69-45-47-70(48-46-69)74-57-63-82(64-58-74)112(81-61-55-73(56-62-81)68-27-9-2-10-28-68)90-66-94-96(86-40-22-20-38-84(86)90)97-87(41-23-43-91(97)114-94)103-107-99(75-29-11-3-12-30-75)105-100(108-103)76-31-13-4-14-32-76/h1-66H. The molecule has 0 aliphatic rings. The van der Waals surface area contributed by atoms with Gasteiger partial charge in [-0.2, -0.15) is 0 Å². The molecule has 0 aliphatic heterocycles. The Balaban J connectivity index is 0.611. The molecule has 0 saturated carbocycles. The first-order valence-corrected chi connectivity index (χ1v) is 38.2. The summed E-state index contributed by atoms with van der Waals surface area (Å²) in [5, 5.41) is 8.06. The maximum absolute atomic E-state index is 7.03. The molecule has 10 nitrogen and oxygen atoms in total. The van der Waals surface area contributed by atoms with Crippen LogP contribution in [0, 0.1) is 0 Å². The number of rotatable bonds is 16. The Morgan fingerprint density at radius 3 is 0.728 bits per heavy atom. The molecule has 0 N–H and O–H groups in total. The topological polar surface area (TPSA) is 110 Å². The molecule has 0 radical (unpaired) electrons. The van der Waals surface area contributed by atoms with Crippen molar-refractivity contribution in [2.24, 2.45) is 0 Å². The van der Waals surface area contributed by atoms with Crippen LogP contribution in [0.25, 0.3) is 178 Å². The van der Waals surface area contributed by atoms with Crippen LogP contribution in [0.3, 0.4) is 0 Å². The highest BCUT2D eigenvalue weighted by atomic mass is 16.3. The van der Waals surface area contributed by atoms with Gasteiger partial charge in [-0.25, -0.2) is 29.9 Å². The van der Waals surface area contributed by atoms with Crippen molar-refractivity contribution in [1.82, 2.24) is 29.9 Å². The summed E-state index contributed by atoms with van der Waals surface area (Å²) >= 11 is 0. The lowest BCUT2D eigenvalue weighted by Gasteiger charge is -2.27. The van der Waals surface area contributed by atoms with E-state index in [1.54, 1.807) is 0 Å². The predicted molar refractivity (Wildman–Crippen MR) is 467 cm³/mol.